The lowest BCUT2D eigenvalue weighted by Crippen LogP contribution is -2.39. The average Bonchev–Trinajstić information content (AvgIpc) is 2.85. The van der Waals surface area contributed by atoms with Crippen LogP contribution in [-0.4, -0.2) is 34.1 Å². The molecular weight excluding hydrogens is 384 g/mol. The summed E-state index contributed by atoms with van der Waals surface area (Å²) in [4.78, 5) is 16.4. The number of aromatic nitrogens is 3. The van der Waals surface area contributed by atoms with Gasteiger partial charge >= 0.3 is 0 Å². The Morgan fingerprint density at radius 1 is 0.903 bits per heavy atom. The van der Waals surface area contributed by atoms with E-state index in [4.69, 9.17) is 15.2 Å². The van der Waals surface area contributed by atoms with Crippen LogP contribution in [0, 0.1) is 11.3 Å². The van der Waals surface area contributed by atoms with E-state index < -0.39 is 0 Å². The molecule has 0 radical (unpaired) electrons. The number of rotatable bonds is 4. The summed E-state index contributed by atoms with van der Waals surface area (Å²) in [6, 6.07) is 24.4. The van der Waals surface area contributed by atoms with Crippen molar-refractivity contribution in [1.82, 2.24) is 15.0 Å². The van der Waals surface area contributed by atoms with Crippen LogP contribution in [0.5, 0.6) is 0 Å². The molecule has 6 heteroatoms. The van der Waals surface area contributed by atoms with Crippen LogP contribution in [0.3, 0.4) is 0 Å². The maximum absolute atomic E-state index is 8.96. The van der Waals surface area contributed by atoms with Gasteiger partial charge in [0.1, 0.15) is 17.7 Å². The van der Waals surface area contributed by atoms with E-state index in [0.717, 1.165) is 59.9 Å². The van der Waals surface area contributed by atoms with Crippen molar-refractivity contribution in [2.75, 3.05) is 23.3 Å². The second kappa shape index (κ2) is 8.41. The van der Waals surface area contributed by atoms with E-state index in [-0.39, 0.29) is 0 Å². The number of nitrogens with zero attached hydrogens (tertiary/aromatic N) is 5. The summed E-state index contributed by atoms with van der Waals surface area (Å²) in [5.41, 5.74) is 2.54. The van der Waals surface area contributed by atoms with Crippen LogP contribution in [0.15, 0.2) is 72.9 Å². The Balaban J connectivity index is 1.35. The number of fused-ring (bicyclic) bond motifs is 1. The highest BCUT2D eigenvalue weighted by Gasteiger charge is 2.21. The highest BCUT2D eigenvalue weighted by molar-refractivity contribution is 5.90. The molecule has 2 aromatic heterocycles. The zero-order chi connectivity index (χ0) is 21.0. The Labute approximate surface area is 181 Å². The Hall–Kier alpha value is -3.98. The second-order valence-electron chi connectivity index (χ2n) is 7.70. The minimum atomic E-state index is 0.330. The van der Waals surface area contributed by atoms with Gasteiger partial charge in [0.2, 0.25) is 0 Å². The average molecular weight is 406 g/mol. The van der Waals surface area contributed by atoms with Crippen LogP contribution in [0.2, 0.25) is 0 Å². The van der Waals surface area contributed by atoms with Gasteiger partial charge in [-0.1, -0.05) is 42.5 Å². The molecule has 0 atom stereocenters. The number of anilines is 2. The number of piperidine rings is 1. The fourth-order valence-corrected chi connectivity index (χ4v) is 3.99. The highest BCUT2D eigenvalue weighted by atomic mass is 15.2. The maximum Gasteiger partial charge on any atom is 0.162 e. The highest BCUT2D eigenvalue weighted by Crippen LogP contribution is 2.27. The largest absolute Gasteiger partial charge is 0.367 e. The van der Waals surface area contributed by atoms with E-state index in [9.17, 15) is 0 Å². The first-order valence-electron chi connectivity index (χ1n) is 10.5. The van der Waals surface area contributed by atoms with E-state index in [1.54, 1.807) is 6.20 Å². The number of nitrogens with one attached hydrogen (secondary N) is 1. The van der Waals surface area contributed by atoms with Crippen molar-refractivity contribution in [3.05, 3.63) is 78.5 Å². The first kappa shape index (κ1) is 19.0. The van der Waals surface area contributed by atoms with Crippen LogP contribution >= 0.6 is 0 Å². The molecule has 31 heavy (non-hydrogen) atoms. The Kier molecular flexibility index (Phi) is 5.16. The number of hydrogen-bond donors (Lipinski definition) is 1. The van der Waals surface area contributed by atoms with E-state index in [2.05, 4.69) is 27.3 Å². The molecule has 2 aromatic carbocycles. The second-order valence-corrected chi connectivity index (χ2v) is 7.70. The summed E-state index contributed by atoms with van der Waals surface area (Å²) < 4.78 is 0. The predicted octanol–water partition coefficient (Wildman–Crippen LogP) is 4.64. The number of para-hydroxylation sites is 1. The van der Waals surface area contributed by atoms with Gasteiger partial charge in [-0.2, -0.15) is 5.26 Å². The number of hydrogen-bond acceptors (Lipinski definition) is 6. The minimum Gasteiger partial charge on any atom is -0.367 e. The molecule has 1 aliphatic rings. The molecule has 0 saturated carbocycles. The molecule has 0 spiro atoms. The number of pyridine rings is 1. The molecule has 0 unspecified atom stereocenters. The summed E-state index contributed by atoms with van der Waals surface area (Å²) in [6.45, 7) is 1.82. The summed E-state index contributed by atoms with van der Waals surface area (Å²) >= 11 is 0. The Morgan fingerprint density at radius 2 is 1.68 bits per heavy atom. The molecule has 4 aromatic rings. The number of nitriles is 1. The standard InChI is InChI=1S/C25H22N6/c26-16-18-10-11-23(27-17-18)31-14-12-20(13-15-31)28-25-21-8-4-5-9-22(21)29-24(30-25)19-6-2-1-3-7-19/h1-11,17,20H,12-15H2,(H,28,29,30). The third-order valence-electron chi connectivity index (χ3n) is 5.67. The fraction of sp³-hybridized carbons (Fsp3) is 0.200. The van der Waals surface area contributed by atoms with Crippen molar-refractivity contribution < 1.29 is 0 Å². The SMILES string of the molecule is N#Cc1ccc(N2CCC(Nc3nc(-c4ccccc4)nc4ccccc34)CC2)nc1. The fourth-order valence-electron chi connectivity index (χ4n) is 3.99. The van der Waals surface area contributed by atoms with E-state index in [1.165, 1.54) is 0 Å². The molecule has 6 nitrogen and oxygen atoms in total. The van der Waals surface area contributed by atoms with Crippen molar-refractivity contribution in [3.63, 3.8) is 0 Å². The molecule has 0 amide bonds. The quantitative estimate of drug-likeness (QED) is 0.532. The third kappa shape index (κ3) is 4.03. The number of benzene rings is 2. The normalized spacial score (nSPS) is 14.4. The lowest BCUT2D eigenvalue weighted by molar-refractivity contribution is 0.523. The maximum atomic E-state index is 8.96. The van der Waals surface area contributed by atoms with Gasteiger partial charge in [0.15, 0.2) is 5.82 Å². The van der Waals surface area contributed by atoms with Crippen molar-refractivity contribution in [3.8, 4) is 17.5 Å². The van der Waals surface area contributed by atoms with Gasteiger partial charge in [-0.15, -0.1) is 0 Å². The zero-order valence-corrected chi connectivity index (χ0v) is 17.1. The van der Waals surface area contributed by atoms with Gasteiger partial charge in [0.05, 0.1) is 11.1 Å². The van der Waals surface area contributed by atoms with Gasteiger partial charge in [-0.05, 0) is 37.1 Å². The summed E-state index contributed by atoms with van der Waals surface area (Å²) in [6.07, 6.45) is 3.61. The molecular formula is C25H22N6. The third-order valence-corrected chi connectivity index (χ3v) is 5.67. The summed E-state index contributed by atoms with van der Waals surface area (Å²) in [5, 5.41) is 13.7. The molecule has 0 bridgehead atoms. The monoisotopic (exact) mass is 406 g/mol. The van der Waals surface area contributed by atoms with Crippen LogP contribution in [0.25, 0.3) is 22.3 Å². The molecule has 1 aliphatic heterocycles. The summed E-state index contributed by atoms with van der Waals surface area (Å²) in [5.74, 6) is 2.55. The van der Waals surface area contributed by atoms with Gasteiger partial charge in [-0.25, -0.2) is 15.0 Å². The van der Waals surface area contributed by atoms with Crippen molar-refractivity contribution in [2.45, 2.75) is 18.9 Å². The van der Waals surface area contributed by atoms with Gasteiger partial charge < -0.3 is 10.2 Å². The zero-order valence-electron chi connectivity index (χ0n) is 17.1. The van der Waals surface area contributed by atoms with Gasteiger partial charge in [0, 0.05) is 36.3 Å². The van der Waals surface area contributed by atoms with Crippen molar-refractivity contribution >= 4 is 22.5 Å². The van der Waals surface area contributed by atoms with Crippen molar-refractivity contribution in [2.24, 2.45) is 0 Å². The lowest BCUT2D eigenvalue weighted by Gasteiger charge is -2.33. The van der Waals surface area contributed by atoms with E-state index >= 15 is 0 Å². The Morgan fingerprint density at radius 3 is 2.42 bits per heavy atom. The first-order chi connectivity index (χ1) is 15.3. The van der Waals surface area contributed by atoms with Crippen molar-refractivity contribution in [1.29, 1.82) is 5.26 Å². The van der Waals surface area contributed by atoms with Crippen LogP contribution in [0.4, 0.5) is 11.6 Å². The van der Waals surface area contributed by atoms with E-state index in [1.807, 2.05) is 60.7 Å². The summed E-state index contributed by atoms with van der Waals surface area (Å²) in [7, 11) is 0. The van der Waals surface area contributed by atoms with Crippen LogP contribution < -0.4 is 10.2 Å². The predicted molar refractivity (Wildman–Crippen MR) is 123 cm³/mol. The molecule has 1 saturated heterocycles. The van der Waals surface area contributed by atoms with Gasteiger partial charge in [-0.3, -0.25) is 0 Å². The smallest absolute Gasteiger partial charge is 0.162 e. The van der Waals surface area contributed by atoms with Crippen LogP contribution in [-0.2, 0) is 0 Å². The van der Waals surface area contributed by atoms with Gasteiger partial charge in [0.25, 0.3) is 0 Å². The van der Waals surface area contributed by atoms with Crippen LogP contribution in [0.1, 0.15) is 18.4 Å². The topological polar surface area (TPSA) is 77.7 Å². The molecule has 5 rings (SSSR count). The van der Waals surface area contributed by atoms with E-state index in [0.29, 0.717) is 11.6 Å². The first-order valence-corrected chi connectivity index (χ1v) is 10.5. The Bertz CT molecular complexity index is 1220. The molecule has 152 valence electrons. The minimum absolute atomic E-state index is 0.330. The molecule has 1 fully saturated rings. The molecule has 3 heterocycles. The molecule has 0 aliphatic carbocycles. The molecule has 1 N–H and O–H groups in total. The lowest BCUT2D eigenvalue weighted by atomic mass is 10.0.